The molecule has 1 aromatic carbocycles. The number of nitrogens with zero attached hydrogens (tertiary/aromatic N) is 1. The molecule has 1 aliphatic rings. The molecule has 1 atom stereocenters. The van der Waals surface area contributed by atoms with Crippen LogP contribution in [0.3, 0.4) is 0 Å². The molecule has 1 heterocycles. The zero-order chi connectivity index (χ0) is 15.2. The Hall–Kier alpha value is -0.970. The molecule has 0 spiro atoms. The van der Waals surface area contributed by atoms with Crippen LogP contribution < -0.4 is 14.8 Å². The van der Waals surface area contributed by atoms with E-state index < -0.39 is 0 Å². The molecule has 5 heteroatoms. The van der Waals surface area contributed by atoms with E-state index in [1.807, 2.05) is 6.07 Å². The highest BCUT2D eigenvalue weighted by atomic mass is 35.5. The predicted octanol–water partition coefficient (Wildman–Crippen LogP) is 3.10. The van der Waals surface area contributed by atoms with E-state index in [9.17, 15) is 0 Å². The third-order valence-electron chi connectivity index (χ3n) is 4.03. The van der Waals surface area contributed by atoms with Gasteiger partial charge in [0.05, 0.1) is 19.2 Å². The molecule has 1 aromatic rings. The van der Waals surface area contributed by atoms with Gasteiger partial charge in [0.1, 0.15) is 0 Å². The smallest absolute Gasteiger partial charge is 0.179 e. The van der Waals surface area contributed by atoms with Gasteiger partial charge in [-0.25, -0.2) is 0 Å². The summed E-state index contributed by atoms with van der Waals surface area (Å²) >= 11 is 6.60. The van der Waals surface area contributed by atoms with Crippen molar-refractivity contribution in [1.29, 1.82) is 0 Å². The summed E-state index contributed by atoms with van der Waals surface area (Å²) in [6, 6.07) is 4.36. The van der Waals surface area contributed by atoms with Crippen LogP contribution in [0.2, 0.25) is 5.02 Å². The van der Waals surface area contributed by atoms with E-state index in [-0.39, 0.29) is 0 Å². The molecule has 0 aliphatic carbocycles. The molecule has 0 aromatic heterocycles. The van der Waals surface area contributed by atoms with Gasteiger partial charge in [-0.3, -0.25) is 4.90 Å². The highest BCUT2D eigenvalue weighted by Gasteiger charge is 2.25. The van der Waals surface area contributed by atoms with Gasteiger partial charge in [0, 0.05) is 32.2 Å². The van der Waals surface area contributed by atoms with Crippen LogP contribution in [0.25, 0.3) is 0 Å². The maximum atomic E-state index is 6.60. The molecule has 1 N–H and O–H groups in total. The third-order valence-corrected chi connectivity index (χ3v) is 4.42. The van der Waals surface area contributed by atoms with Crippen molar-refractivity contribution in [3.05, 3.63) is 22.7 Å². The maximum Gasteiger partial charge on any atom is 0.179 e. The number of rotatable bonds is 6. The van der Waals surface area contributed by atoms with Gasteiger partial charge in [-0.05, 0) is 18.1 Å². The molecule has 0 saturated carbocycles. The van der Waals surface area contributed by atoms with E-state index in [1.165, 1.54) is 0 Å². The molecule has 118 valence electrons. The number of methoxy groups -OCH3 is 2. The normalized spacial score (nSPS) is 17.5. The van der Waals surface area contributed by atoms with Crippen molar-refractivity contribution in [3.8, 4) is 11.5 Å². The summed E-state index contributed by atoms with van der Waals surface area (Å²) in [5, 5.41) is 4.07. The lowest BCUT2D eigenvalue weighted by Crippen LogP contribution is -2.45. The van der Waals surface area contributed by atoms with Gasteiger partial charge in [-0.1, -0.05) is 31.0 Å². The standard InChI is InChI=1S/C16H25ClN2O2/c1-4-5-13(19-10-8-18-9-11-19)12-6-7-14(20-2)16(21-3)15(12)17/h6-7,13,18H,4-5,8-11H2,1-3H3/t13-/m1/s1. The Bertz CT molecular complexity index is 462. The number of halogens is 1. The van der Waals surface area contributed by atoms with Crippen LogP contribution in [0, 0.1) is 0 Å². The number of piperazine rings is 1. The monoisotopic (exact) mass is 312 g/mol. The van der Waals surface area contributed by atoms with Gasteiger partial charge in [-0.2, -0.15) is 0 Å². The van der Waals surface area contributed by atoms with Gasteiger partial charge < -0.3 is 14.8 Å². The summed E-state index contributed by atoms with van der Waals surface area (Å²) in [7, 11) is 3.26. The van der Waals surface area contributed by atoms with Crippen LogP contribution in [0.4, 0.5) is 0 Å². The second-order valence-electron chi connectivity index (χ2n) is 5.29. The number of ether oxygens (including phenoxy) is 2. The zero-order valence-corrected chi connectivity index (χ0v) is 13.9. The highest BCUT2D eigenvalue weighted by Crippen LogP contribution is 2.42. The topological polar surface area (TPSA) is 33.7 Å². The van der Waals surface area contributed by atoms with E-state index in [0.29, 0.717) is 22.6 Å². The average molecular weight is 313 g/mol. The first-order valence-electron chi connectivity index (χ1n) is 7.58. The van der Waals surface area contributed by atoms with Gasteiger partial charge in [0.2, 0.25) is 0 Å². The Morgan fingerprint density at radius 2 is 1.95 bits per heavy atom. The van der Waals surface area contributed by atoms with E-state index in [1.54, 1.807) is 14.2 Å². The van der Waals surface area contributed by atoms with Crippen LogP contribution in [-0.2, 0) is 0 Å². The van der Waals surface area contributed by atoms with Crippen molar-refractivity contribution < 1.29 is 9.47 Å². The van der Waals surface area contributed by atoms with Gasteiger partial charge in [0.15, 0.2) is 11.5 Å². The second-order valence-corrected chi connectivity index (χ2v) is 5.67. The summed E-state index contributed by atoms with van der Waals surface area (Å²) in [6.45, 7) is 6.38. The highest BCUT2D eigenvalue weighted by molar-refractivity contribution is 6.33. The fraction of sp³-hybridized carbons (Fsp3) is 0.625. The molecule has 4 nitrogen and oxygen atoms in total. The van der Waals surface area contributed by atoms with Crippen LogP contribution in [0.1, 0.15) is 31.4 Å². The predicted molar refractivity (Wildman–Crippen MR) is 86.6 cm³/mol. The minimum atomic E-state index is 0.337. The SMILES string of the molecule is CCC[C@H](c1ccc(OC)c(OC)c1Cl)N1CCNCC1. The maximum absolute atomic E-state index is 6.60. The van der Waals surface area contributed by atoms with E-state index in [2.05, 4.69) is 23.2 Å². The van der Waals surface area contributed by atoms with Crippen LogP contribution in [0.5, 0.6) is 11.5 Å². The van der Waals surface area contributed by atoms with Crippen LogP contribution in [0.15, 0.2) is 12.1 Å². The Morgan fingerprint density at radius 3 is 2.52 bits per heavy atom. The van der Waals surface area contributed by atoms with Gasteiger partial charge in [-0.15, -0.1) is 0 Å². The first-order valence-corrected chi connectivity index (χ1v) is 7.95. The zero-order valence-electron chi connectivity index (χ0n) is 13.1. The summed E-state index contributed by atoms with van der Waals surface area (Å²) in [6.07, 6.45) is 2.22. The van der Waals surface area contributed by atoms with Crippen molar-refractivity contribution in [3.63, 3.8) is 0 Å². The minimum absolute atomic E-state index is 0.337. The van der Waals surface area contributed by atoms with E-state index in [4.69, 9.17) is 21.1 Å². The van der Waals surface area contributed by atoms with Crippen molar-refractivity contribution in [2.24, 2.45) is 0 Å². The van der Waals surface area contributed by atoms with Gasteiger partial charge in [0.25, 0.3) is 0 Å². The molecule has 0 unspecified atom stereocenters. The lowest BCUT2D eigenvalue weighted by atomic mass is 9.99. The van der Waals surface area contributed by atoms with E-state index >= 15 is 0 Å². The fourth-order valence-corrected chi connectivity index (χ4v) is 3.32. The number of nitrogens with one attached hydrogen (secondary N) is 1. The lowest BCUT2D eigenvalue weighted by Gasteiger charge is -2.35. The van der Waals surface area contributed by atoms with Crippen molar-refractivity contribution in [2.45, 2.75) is 25.8 Å². The van der Waals surface area contributed by atoms with Crippen molar-refractivity contribution >= 4 is 11.6 Å². The molecule has 0 amide bonds. The molecule has 2 rings (SSSR count). The fourth-order valence-electron chi connectivity index (χ4n) is 2.96. The molecule has 1 fully saturated rings. The molecule has 1 saturated heterocycles. The minimum Gasteiger partial charge on any atom is -0.493 e. The Balaban J connectivity index is 2.35. The lowest BCUT2D eigenvalue weighted by molar-refractivity contribution is 0.164. The van der Waals surface area contributed by atoms with Crippen molar-refractivity contribution in [1.82, 2.24) is 10.2 Å². The first kappa shape index (κ1) is 16.4. The first-order chi connectivity index (χ1) is 10.2. The molecule has 0 radical (unpaired) electrons. The molecule has 0 bridgehead atoms. The Morgan fingerprint density at radius 1 is 1.24 bits per heavy atom. The van der Waals surface area contributed by atoms with Crippen molar-refractivity contribution in [2.75, 3.05) is 40.4 Å². The van der Waals surface area contributed by atoms with Gasteiger partial charge >= 0.3 is 0 Å². The molecule has 1 aliphatic heterocycles. The number of hydrogen-bond donors (Lipinski definition) is 1. The van der Waals surface area contributed by atoms with E-state index in [0.717, 1.165) is 44.6 Å². The number of benzene rings is 1. The summed E-state index contributed by atoms with van der Waals surface area (Å²) < 4.78 is 10.8. The Labute approximate surface area is 132 Å². The molecular formula is C16H25ClN2O2. The Kier molecular flexibility index (Phi) is 6.15. The summed E-state index contributed by atoms with van der Waals surface area (Å²) in [5.41, 5.74) is 1.14. The van der Waals surface area contributed by atoms with Crippen LogP contribution >= 0.6 is 11.6 Å². The van der Waals surface area contributed by atoms with Crippen LogP contribution in [-0.4, -0.2) is 45.3 Å². The third kappa shape index (κ3) is 3.62. The summed E-state index contributed by atoms with van der Waals surface area (Å²) in [4.78, 5) is 2.51. The molecular weight excluding hydrogens is 288 g/mol. The average Bonchev–Trinajstić information content (AvgIpc) is 2.53. The second kappa shape index (κ2) is 7.87. The molecule has 21 heavy (non-hydrogen) atoms. The number of hydrogen-bond acceptors (Lipinski definition) is 4. The quantitative estimate of drug-likeness (QED) is 0.875. The summed E-state index contributed by atoms with van der Waals surface area (Å²) in [5.74, 6) is 1.31. The largest absolute Gasteiger partial charge is 0.493 e.